The summed E-state index contributed by atoms with van der Waals surface area (Å²) in [7, 11) is 0. The molecule has 6 nitrogen and oxygen atoms in total. The van der Waals surface area contributed by atoms with Crippen molar-refractivity contribution in [3.8, 4) is 0 Å². The number of rotatable bonds is 6. The summed E-state index contributed by atoms with van der Waals surface area (Å²) in [5.41, 5.74) is 5.14. The minimum absolute atomic E-state index is 0.179. The molecule has 3 aromatic rings. The van der Waals surface area contributed by atoms with Gasteiger partial charge < -0.3 is 10.2 Å². The van der Waals surface area contributed by atoms with E-state index in [1.807, 2.05) is 74.2 Å². The average molecular weight is 454 g/mol. The van der Waals surface area contributed by atoms with Gasteiger partial charge in [0.05, 0.1) is 11.3 Å². The highest BCUT2D eigenvalue weighted by molar-refractivity contribution is 6.46. The van der Waals surface area contributed by atoms with Crippen molar-refractivity contribution in [1.29, 1.82) is 0 Å². The van der Waals surface area contributed by atoms with Crippen LogP contribution in [-0.2, 0) is 14.4 Å². The van der Waals surface area contributed by atoms with Crippen molar-refractivity contribution in [3.05, 3.63) is 95.2 Å². The van der Waals surface area contributed by atoms with Crippen LogP contribution in [0.4, 0.5) is 17.1 Å². The Labute approximate surface area is 199 Å². The number of carbonyl (C=O) groups is 3. The van der Waals surface area contributed by atoms with E-state index in [0.29, 0.717) is 34.8 Å². The highest BCUT2D eigenvalue weighted by Gasteiger charge is 2.43. The molecule has 1 aliphatic heterocycles. The van der Waals surface area contributed by atoms with Crippen LogP contribution >= 0.6 is 0 Å². The number of likely N-dealkylation sites (N-methyl/N-ethyl adjacent to an activating group) is 1. The number of aryl methyl sites for hydroxylation is 2. The molecule has 1 N–H and O–H groups in total. The number of hydrogen-bond acceptors (Lipinski definition) is 4. The zero-order valence-corrected chi connectivity index (χ0v) is 19.8. The topological polar surface area (TPSA) is 69.7 Å². The monoisotopic (exact) mass is 453 g/mol. The number of nitrogens with one attached hydrogen (secondary N) is 1. The third-order valence-corrected chi connectivity index (χ3v) is 5.81. The molecule has 6 heteroatoms. The van der Waals surface area contributed by atoms with E-state index in [0.717, 1.165) is 16.8 Å². The minimum Gasteiger partial charge on any atom is -0.337 e. The number of benzene rings is 3. The molecule has 1 heterocycles. The molecule has 3 amide bonds. The number of para-hydroxylation sites is 1. The third kappa shape index (κ3) is 4.22. The zero-order chi connectivity index (χ0) is 24.4. The molecule has 0 radical (unpaired) electrons. The number of hydrogen-bond donors (Lipinski definition) is 1. The first kappa shape index (κ1) is 23.0. The minimum atomic E-state index is -0.365. The third-order valence-electron chi connectivity index (χ3n) is 5.81. The van der Waals surface area contributed by atoms with Crippen LogP contribution in [0, 0.1) is 13.8 Å². The van der Waals surface area contributed by atoms with E-state index >= 15 is 0 Å². The standard InChI is InChI=1S/C28H27N3O3/c1-5-30(23-9-7-6-8-10-23)26-25(21-13-15-22(16-14-21)29-20(4)32)27(33)31(28(26)34)24-17-18(2)11-12-19(24)3/h6-17H,5H2,1-4H3,(H,29,32). The molecule has 3 aromatic carbocycles. The van der Waals surface area contributed by atoms with E-state index < -0.39 is 0 Å². The van der Waals surface area contributed by atoms with E-state index in [9.17, 15) is 14.4 Å². The van der Waals surface area contributed by atoms with E-state index in [1.54, 1.807) is 24.3 Å². The zero-order valence-electron chi connectivity index (χ0n) is 19.8. The van der Waals surface area contributed by atoms with Crippen molar-refractivity contribution < 1.29 is 14.4 Å². The van der Waals surface area contributed by atoms with Crippen LogP contribution in [0.25, 0.3) is 5.57 Å². The van der Waals surface area contributed by atoms with Gasteiger partial charge in [0.25, 0.3) is 11.8 Å². The van der Waals surface area contributed by atoms with Crippen LogP contribution in [0.2, 0.25) is 0 Å². The van der Waals surface area contributed by atoms with E-state index in [1.165, 1.54) is 11.8 Å². The van der Waals surface area contributed by atoms with Gasteiger partial charge in [-0.2, -0.15) is 0 Å². The van der Waals surface area contributed by atoms with Gasteiger partial charge in [0.15, 0.2) is 0 Å². The van der Waals surface area contributed by atoms with E-state index in [2.05, 4.69) is 5.32 Å². The Morgan fingerprint density at radius 1 is 0.912 bits per heavy atom. The lowest BCUT2D eigenvalue weighted by molar-refractivity contribution is -0.120. The van der Waals surface area contributed by atoms with Crippen LogP contribution in [0.3, 0.4) is 0 Å². The van der Waals surface area contributed by atoms with Gasteiger partial charge in [0.1, 0.15) is 5.70 Å². The molecule has 0 atom stereocenters. The molecule has 0 aliphatic carbocycles. The van der Waals surface area contributed by atoms with Gasteiger partial charge in [0.2, 0.25) is 5.91 Å². The maximum absolute atomic E-state index is 13.9. The van der Waals surface area contributed by atoms with Crippen molar-refractivity contribution in [3.63, 3.8) is 0 Å². The lowest BCUT2D eigenvalue weighted by Gasteiger charge is -2.25. The molecule has 0 aromatic heterocycles. The van der Waals surface area contributed by atoms with Gasteiger partial charge in [-0.25, -0.2) is 4.90 Å². The molecule has 0 saturated heterocycles. The maximum Gasteiger partial charge on any atom is 0.282 e. The normalized spacial score (nSPS) is 13.5. The highest BCUT2D eigenvalue weighted by atomic mass is 16.2. The second kappa shape index (κ2) is 9.35. The van der Waals surface area contributed by atoms with Crippen LogP contribution in [-0.4, -0.2) is 24.3 Å². The van der Waals surface area contributed by atoms with Gasteiger partial charge in [0, 0.05) is 24.8 Å². The molecule has 0 unspecified atom stereocenters. The fraction of sp³-hybridized carbons (Fsp3) is 0.179. The lowest BCUT2D eigenvalue weighted by atomic mass is 10.0. The molecule has 34 heavy (non-hydrogen) atoms. The molecule has 172 valence electrons. The van der Waals surface area contributed by atoms with Crippen LogP contribution in [0.1, 0.15) is 30.5 Å². The first-order valence-corrected chi connectivity index (χ1v) is 11.2. The SMILES string of the molecule is CCN(C1=C(c2ccc(NC(C)=O)cc2)C(=O)N(c2cc(C)ccc2C)C1=O)c1ccccc1. The summed E-state index contributed by atoms with van der Waals surface area (Å²) < 4.78 is 0. The molecular weight excluding hydrogens is 426 g/mol. The van der Waals surface area contributed by atoms with Crippen molar-refractivity contribution in [1.82, 2.24) is 0 Å². The summed E-state index contributed by atoms with van der Waals surface area (Å²) in [4.78, 5) is 42.3. The molecular formula is C28H27N3O3. The second-order valence-electron chi connectivity index (χ2n) is 8.30. The number of anilines is 3. The van der Waals surface area contributed by atoms with Crippen LogP contribution < -0.4 is 15.1 Å². The van der Waals surface area contributed by atoms with E-state index in [4.69, 9.17) is 0 Å². The predicted octanol–water partition coefficient (Wildman–Crippen LogP) is 5.07. The van der Waals surface area contributed by atoms with Crippen LogP contribution in [0.5, 0.6) is 0 Å². The number of nitrogens with zero attached hydrogens (tertiary/aromatic N) is 2. The van der Waals surface area contributed by atoms with Gasteiger partial charge >= 0.3 is 0 Å². The number of amides is 3. The van der Waals surface area contributed by atoms with Gasteiger partial charge in [-0.15, -0.1) is 0 Å². The van der Waals surface area contributed by atoms with Gasteiger partial charge in [-0.1, -0.05) is 42.5 Å². The Balaban J connectivity index is 1.89. The quantitative estimate of drug-likeness (QED) is 0.529. The van der Waals surface area contributed by atoms with Crippen molar-refractivity contribution in [2.45, 2.75) is 27.7 Å². The first-order chi connectivity index (χ1) is 16.3. The molecule has 0 fully saturated rings. The Hall–Kier alpha value is -4.19. The van der Waals surface area contributed by atoms with Gasteiger partial charge in [-0.3, -0.25) is 14.4 Å². The fourth-order valence-electron chi connectivity index (χ4n) is 4.21. The van der Waals surface area contributed by atoms with Crippen molar-refractivity contribution in [2.24, 2.45) is 0 Å². The summed E-state index contributed by atoms with van der Waals surface area (Å²) in [5, 5.41) is 2.73. The largest absolute Gasteiger partial charge is 0.337 e. The molecule has 0 spiro atoms. The second-order valence-corrected chi connectivity index (χ2v) is 8.30. The van der Waals surface area contributed by atoms with Crippen LogP contribution in [0.15, 0.2) is 78.5 Å². The molecule has 0 saturated carbocycles. The van der Waals surface area contributed by atoms with Crippen molar-refractivity contribution in [2.75, 3.05) is 21.7 Å². The van der Waals surface area contributed by atoms with E-state index in [-0.39, 0.29) is 17.7 Å². The number of carbonyl (C=O) groups excluding carboxylic acids is 3. The molecule has 1 aliphatic rings. The fourth-order valence-corrected chi connectivity index (χ4v) is 4.21. The summed E-state index contributed by atoms with van der Waals surface area (Å²) in [5.74, 6) is -0.900. The highest BCUT2D eigenvalue weighted by Crippen LogP contribution is 2.38. The van der Waals surface area contributed by atoms with Crippen molar-refractivity contribution >= 4 is 40.4 Å². The first-order valence-electron chi connectivity index (χ1n) is 11.2. The average Bonchev–Trinajstić information content (AvgIpc) is 3.07. The Morgan fingerprint density at radius 2 is 1.59 bits per heavy atom. The Morgan fingerprint density at radius 3 is 2.21 bits per heavy atom. The Kier molecular flexibility index (Phi) is 6.32. The predicted molar refractivity (Wildman–Crippen MR) is 136 cm³/mol. The summed E-state index contributed by atoms with van der Waals surface area (Å²) >= 11 is 0. The lowest BCUT2D eigenvalue weighted by Crippen LogP contribution is -2.35. The summed E-state index contributed by atoms with van der Waals surface area (Å²) in [6.45, 7) is 7.73. The summed E-state index contributed by atoms with van der Waals surface area (Å²) in [6, 6.07) is 22.3. The van der Waals surface area contributed by atoms with Gasteiger partial charge in [-0.05, 0) is 67.8 Å². The maximum atomic E-state index is 13.9. The number of imide groups is 1. The molecule has 0 bridgehead atoms. The smallest absolute Gasteiger partial charge is 0.282 e. The summed E-state index contributed by atoms with van der Waals surface area (Å²) in [6.07, 6.45) is 0. The Bertz CT molecular complexity index is 1290. The molecule has 4 rings (SSSR count).